The van der Waals surface area contributed by atoms with Crippen molar-refractivity contribution in [2.24, 2.45) is 0 Å². The first-order valence-electron chi connectivity index (χ1n) is 4.21. The van der Waals surface area contributed by atoms with E-state index >= 15 is 0 Å². The Hall–Kier alpha value is -0.0831. The number of rotatable bonds is 2. The smallest absolute Gasteiger partial charge is 0.0651 e. The molecule has 1 aromatic rings. The van der Waals surface area contributed by atoms with Crippen LogP contribution >= 0.6 is 15.9 Å². The van der Waals surface area contributed by atoms with E-state index in [2.05, 4.69) is 65.9 Å². The van der Waals surface area contributed by atoms with E-state index in [4.69, 9.17) is 0 Å². The molecule has 0 unspecified atom stereocenters. The van der Waals surface area contributed by atoms with Crippen molar-refractivity contribution in [3.8, 4) is 0 Å². The fourth-order valence-electron chi connectivity index (χ4n) is 1.12. The van der Waals surface area contributed by atoms with E-state index in [0.717, 1.165) is 0 Å². The number of hydrogen-bond acceptors (Lipinski definition) is 0. The second-order valence-electron chi connectivity index (χ2n) is 4.14. The zero-order valence-corrected chi connectivity index (χ0v) is 10.4. The number of benzene rings is 1. The molecule has 2 heteroatoms. The molecule has 0 amide bonds. The second-order valence-corrected chi connectivity index (χ2v) is 11.2. The molecule has 1 rings (SSSR count). The lowest BCUT2D eigenvalue weighted by Gasteiger charge is -2.23. The van der Waals surface area contributed by atoms with Crippen LogP contribution in [0.25, 0.3) is 0 Å². The topological polar surface area (TPSA) is 0 Å². The van der Waals surface area contributed by atoms with Crippen LogP contribution < -0.4 is 0 Å². The standard InChI is InChI=1S/C10H15BrSi/c1-12(2,3)10(11)9-7-5-4-6-8-9/h4-8,10H,1-3H3/t10-/m1/s1. The number of halogens is 1. The summed E-state index contributed by atoms with van der Waals surface area (Å²) >= 11 is 3.77. The Bertz CT molecular complexity index is 238. The third-order valence-corrected chi connectivity index (χ3v) is 8.36. The van der Waals surface area contributed by atoms with Crippen molar-refractivity contribution in [2.75, 3.05) is 0 Å². The summed E-state index contributed by atoms with van der Waals surface area (Å²) in [5, 5.41) is 0. The molecule has 0 radical (unpaired) electrons. The molecule has 1 aromatic carbocycles. The SMILES string of the molecule is C[Si](C)(C)[C@@H](Br)c1ccccc1. The summed E-state index contributed by atoms with van der Waals surface area (Å²) in [4.78, 5) is 0. The van der Waals surface area contributed by atoms with Crippen LogP contribution in [-0.4, -0.2) is 8.07 Å². The third kappa shape index (κ3) is 2.46. The molecule has 0 bridgehead atoms. The minimum absolute atomic E-state index is 0.575. The van der Waals surface area contributed by atoms with Crippen molar-refractivity contribution < 1.29 is 0 Å². The molecule has 0 aliphatic carbocycles. The van der Waals surface area contributed by atoms with Gasteiger partial charge in [-0.15, -0.1) is 0 Å². The first-order chi connectivity index (χ1) is 5.52. The Morgan fingerprint density at radius 2 is 1.58 bits per heavy atom. The van der Waals surface area contributed by atoms with E-state index in [0.29, 0.717) is 4.45 Å². The van der Waals surface area contributed by atoms with Crippen LogP contribution in [0.4, 0.5) is 0 Å². The summed E-state index contributed by atoms with van der Waals surface area (Å²) < 4.78 is 0.575. The van der Waals surface area contributed by atoms with E-state index < -0.39 is 8.07 Å². The average molecular weight is 243 g/mol. The lowest BCUT2D eigenvalue weighted by Crippen LogP contribution is -2.26. The lowest BCUT2D eigenvalue weighted by molar-refractivity contribution is 1.29. The van der Waals surface area contributed by atoms with E-state index in [9.17, 15) is 0 Å². The van der Waals surface area contributed by atoms with Crippen LogP contribution in [0, 0.1) is 0 Å². The van der Waals surface area contributed by atoms with Crippen LogP contribution in [0.1, 0.15) is 10.0 Å². The highest BCUT2D eigenvalue weighted by atomic mass is 79.9. The summed E-state index contributed by atoms with van der Waals surface area (Å²) in [6, 6.07) is 10.6. The molecule has 0 nitrogen and oxygen atoms in total. The van der Waals surface area contributed by atoms with Gasteiger partial charge >= 0.3 is 0 Å². The minimum atomic E-state index is -1.08. The van der Waals surface area contributed by atoms with Gasteiger partial charge in [0.1, 0.15) is 0 Å². The van der Waals surface area contributed by atoms with Gasteiger partial charge in [-0.1, -0.05) is 65.9 Å². The van der Waals surface area contributed by atoms with Gasteiger partial charge in [-0.05, 0) is 5.56 Å². The van der Waals surface area contributed by atoms with Gasteiger partial charge < -0.3 is 0 Å². The fourth-order valence-corrected chi connectivity index (χ4v) is 2.62. The molecule has 0 aromatic heterocycles. The van der Waals surface area contributed by atoms with Gasteiger partial charge in [0, 0.05) is 4.45 Å². The molecule has 12 heavy (non-hydrogen) atoms. The molecule has 0 heterocycles. The Balaban J connectivity index is 2.86. The molecule has 0 N–H and O–H groups in total. The predicted molar refractivity (Wildman–Crippen MR) is 61.5 cm³/mol. The van der Waals surface area contributed by atoms with Crippen molar-refractivity contribution >= 4 is 24.0 Å². The minimum Gasteiger partial charge on any atom is -0.0875 e. The summed E-state index contributed by atoms with van der Waals surface area (Å²) in [6.07, 6.45) is 0. The molecule has 0 saturated heterocycles. The maximum Gasteiger partial charge on any atom is 0.0651 e. The van der Waals surface area contributed by atoms with Crippen molar-refractivity contribution in [1.82, 2.24) is 0 Å². The highest BCUT2D eigenvalue weighted by Gasteiger charge is 2.24. The number of alkyl halides is 1. The first-order valence-corrected chi connectivity index (χ1v) is 8.70. The molecule has 66 valence electrons. The monoisotopic (exact) mass is 242 g/mol. The molecule has 0 spiro atoms. The van der Waals surface area contributed by atoms with Crippen LogP contribution in [0.5, 0.6) is 0 Å². The van der Waals surface area contributed by atoms with Crippen LogP contribution in [0.3, 0.4) is 0 Å². The Labute approximate surface area is 84.1 Å². The summed E-state index contributed by atoms with van der Waals surface area (Å²) in [7, 11) is -1.08. The van der Waals surface area contributed by atoms with Crippen LogP contribution in [0.15, 0.2) is 30.3 Å². The largest absolute Gasteiger partial charge is 0.0875 e. The average Bonchev–Trinajstić information content (AvgIpc) is 2.03. The van der Waals surface area contributed by atoms with Gasteiger partial charge in [-0.3, -0.25) is 0 Å². The maximum atomic E-state index is 3.77. The number of hydrogen-bond donors (Lipinski definition) is 0. The van der Waals surface area contributed by atoms with Gasteiger partial charge in [0.05, 0.1) is 8.07 Å². The van der Waals surface area contributed by atoms with E-state index in [-0.39, 0.29) is 0 Å². The first kappa shape index (κ1) is 10.0. The molecular weight excluding hydrogens is 228 g/mol. The van der Waals surface area contributed by atoms with E-state index in [1.54, 1.807) is 0 Å². The van der Waals surface area contributed by atoms with Crippen molar-refractivity contribution in [2.45, 2.75) is 24.1 Å². The Morgan fingerprint density at radius 3 is 2.00 bits per heavy atom. The zero-order valence-electron chi connectivity index (χ0n) is 7.84. The molecule has 0 saturated carbocycles. The zero-order chi connectivity index (χ0) is 9.19. The summed E-state index contributed by atoms with van der Waals surface area (Å²) in [5.41, 5.74) is 1.41. The van der Waals surface area contributed by atoms with Crippen LogP contribution in [-0.2, 0) is 0 Å². The molecule has 0 aliphatic rings. The summed E-state index contributed by atoms with van der Waals surface area (Å²) in [5.74, 6) is 0. The highest BCUT2D eigenvalue weighted by molar-refractivity contribution is 9.09. The van der Waals surface area contributed by atoms with Crippen molar-refractivity contribution in [3.63, 3.8) is 0 Å². The fraction of sp³-hybridized carbons (Fsp3) is 0.400. The third-order valence-electron chi connectivity index (χ3n) is 1.85. The summed E-state index contributed by atoms with van der Waals surface area (Å²) in [6.45, 7) is 7.12. The molecule has 0 fully saturated rings. The Kier molecular flexibility index (Phi) is 3.13. The molecular formula is C10H15BrSi. The lowest BCUT2D eigenvalue weighted by atomic mass is 10.2. The van der Waals surface area contributed by atoms with Gasteiger partial charge in [0.15, 0.2) is 0 Å². The van der Waals surface area contributed by atoms with Crippen molar-refractivity contribution in [3.05, 3.63) is 35.9 Å². The van der Waals surface area contributed by atoms with Crippen molar-refractivity contribution in [1.29, 1.82) is 0 Å². The van der Waals surface area contributed by atoms with Gasteiger partial charge in [0.2, 0.25) is 0 Å². The maximum absolute atomic E-state index is 3.77. The van der Waals surface area contributed by atoms with Gasteiger partial charge in [-0.2, -0.15) is 0 Å². The normalized spacial score (nSPS) is 14.3. The van der Waals surface area contributed by atoms with Gasteiger partial charge in [-0.25, -0.2) is 0 Å². The Morgan fingerprint density at radius 1 is 1.08 bits per heavy atom. The highest BCUT2D eigenvalue weighted by Crippen LogP contribution is 2.32. The second kappa shape index (κ2) is 3.75. The van der Waals surface area contributed by atoms with Crippen LogP contribution in [0.2, 0.25) is 19.6 Å². The van der Waals surface area contributed by atoms with E-state index in [1.165, 1.54) is 5.56 Å². The predicted octanol–water partition coefficient (Wildman–Crippen LogP) is 4.00. The molecule has 0 aliphatic heterocycles. The quantitative estimate of drug-likeness (QED) is 0.544. The molecule has 1 atom stereocenters. The van der Waals surface area contributed by atoms with E-state index in [1.807, 2.05) is 0 Å². The van der Waals surface area contributed by atoms with Gasteiger partial charge in [0.25, 0.3) is 0 Å².